The standard InChI is InChI=1S/C17H14O3/c18-17-13-10-15(11-6-2-1-3-7-11)19-16(13)12-8-4-5-9-14(12)20-17/h4-6,8-10H,1-3,7H2. The van der Waals surface area contributed by atoms with Crippen LogP contribution in [-0.4, -0.2) is 0 Å². The molecule has 1 aliphatic rings. The van der Waals surface area contributed by atoms with Crippen LogP contribution in [0.2, 0.25) is 0 Å². The molecule has 0 saturated carbocycles. The number of hydrogen-bond acceptors (Lipinski definition) is 3. The van der Waals surface area contributed by atoms with E-state index in [2.05, 4.69) is 6.08 Å². The Kier molecular flexibility index (Phi) is 2.52. The first-order valence-electron chi connectivity index (χ1n) is 6.98. The summed E-state index contributed by atoms with van der Waals surface area (Å²) in [6.07, 6.45) is 6.73. The maximum absolute atomic E-state index is 12.0. The van der Waals surface area contributed by atoms with Gasteiger partial charge in [-0.1, -0.05) is 18.2 Å². The molecule has 2 heterocycles. The molecule has 0 aliphatic heterocycles. The minimum Gasteiger partial charge on any atom is -0.455 e. The number of para-hydroxylation sites is 1. The Bertz CT molecular complexity index is 880. The molecule has 3 heteroatoms. The number of rotatable bonds is 1. The molecule has 0 spiro atoms. The van der Waals surface area contributed by atoms with Crippen LogP contribution in [-0.2, 0) is 0 Å². The molecular formula is C17H14O3. The van der Waals surface area contributed by atoms with Gasteiger partial charge in [-0.05, 0) is 49.5 Å². The van der Waals surface area contributed by atoms with Crippen LogP contribution in [0.4, 0.5) is 0 Å². The normalized spacial score (nSPS) is 15.7. The molecule has 0 saturated heterocycles. The SMILES string of the molecule is O=c1oc2ccccc2c2oc(C3=CCCCC3)cc12. The predicted molar refractivity (Wildman–Crippen MR) is 78.7 cm³/mol. The zero-order chi connectivity index (χ0) is 13.5. The second kappa shape index (κ2) is 4.37. The number of furan rings is 1. The summed E-state index contributed by atoms with van der Waals surface area (Å²) < 4.78 is 11.3. The molecule has 3 nitrogen and oxygen atoms in total. The van der Waals surface area contributed by atoms with E-state index in [1.165, 1.54) is 18.4 Å². The van der Waals surface area contributed by atoms with Gasteiger partial charge in [0.05, 0.1) is 5.39 Å². The molecule has 20 heavy (non-hydrogen) atoms. The molecule has 0 unspecified atom stereocenters. The highest BCUT2D eigenvalue weighted by atomic mass is 16.4. The van der Waals surface area contributed by atoms with E-state index in [1.54, 1.807) is 6.07 Å². The largest absolute Gasteiger partial charge is 0.455 e. The summed E-state index contributed by atoms with van der Waals surface area (Å²) >= 11 is 0. The third-order valence-electron chi connectivity index (χ3n) is 3.89. The lowest BCUT2D eigenvalue weighted by atomic mass is 9.98. The Morgan fingerprint density at radius 2 is 1.90 bits per heavy atom. The topological polar surface area (TPSA) is 43.4 Å². The Balaban J connectivity index is 2.03. The Labute approximate surface area is 115 Å². The molecule has 4 rings (SSSR count). The second-order valence-corrected chi connectivity index (χ2v) is 5.21. The maximum atomic E-state index is 12.0. The van der Waals surface area contributed by atoms with E-state index in [-0.39, 0.29) is 5.63 Å². The highest BCUT2D eigenvalue weighted by Crippen LogP contribution is 2.32. The number of hydrogen-bond donors (Lipinski definition) is 0. The van der Waals surface area contributed by atoms with Gasteiger partial charge in [0.15, 0.2) is 5.58 Å². The van der Waals surface area contributed by atoms with Crippen molar-refractivity contribution in [3.63, 3.8) is 0 Å². The van der Waals surface area contributed by atoms with Crippen molar-refractivity contribution < 1.29 is 8.83 Å². The molecule has 0 amide bonds. The molecule has 3 aromatic rings. The van der Waals surface area contributed by atoms with Crippen LogP contribution in [0.25, 0.3) is 27.5 Å². The Hall–Kier alpha value is -2.29. The maximum Gasteiger partial charge on any atom is 0.347 e. The smallest absolute Gasteiger partial charge is 0.347 e. The molecule has 0 fully saturated rings. The lowest BCUT2D eigenvalue weighted by molar-refractivity contribution is 0.562. The van der Waals surface area contributed by atoms with Crippen LogP contribution < -0.4 is 5.63 Å². The molecule has 0 N–H and O–H groups in total. The molecule has 100 valence electrons. The van der Waals surface area contributed by atoms with Gasteiger partial charge in [0.25, 0.3) is 0 Å². The van der Waals surface area contributed by atoms with E-state index in [0.717, 1.165) is 24.0 Å². The molecular weight excluding hydrogens is 252 g/mol. The van der Waals surface area contributed by atoms with Crippen molar-refractivity contribution >= 4 is 27.5 Å². The quantitative estimate of drug-likeness (QED) is 0.609. The van der Waals surface area contributed by atoms with Crippen molar-refractivity contribution in [2.75, 3.05) is 0 Å². The lowest BCUT2D eigenvalue weighted by Gasteiger charge is -2.09. The zero-order valence-corrected chi connectivity index (χ0v) is 11.0. The molecule has 1 aromatic carbocycles. The van der Waals surface area contributed by atoms with Gasteiger partial charge in [-0.2, -0.15) is 0 Å². The summed E-state index contributed by atoms with van der Waals surface area (Å²) in [5.41, 5.74) is 2.09. The fourth-order valence-corrected chi connectivity index (χ4v) is 2.86. The van der Waals surface area contributed by atoms with Crippen LogP contribution in [0.1, 0.15) is 31.4 Å². The van der Waals surface area contributed by atoms with Crippen LogP contribution in [0.3, 0.4) is 0 Å². The fraction of sp³-hybridized carbons (Fsp3) is 0.235. The first-order valence-corrected chi connectivity index (χ1v) is 6.98. The third kappa shape index (κ3) is 1.70. The summed E-state index contributed by atoms with van der Waals surface area (Å²) in [6, 6.07) is 9.31. The molecule has 1 aliphatic carbocycles. The summed E-state index contributed by atoms with van der Waals surface area (Å²) in [6.45, 7) is 0. The highest BCUT2D eigenvalue weighted by molar-refractivity contribution is 6.01. The van der Waals surface area contributed by atoms with Crippen molar-refractivity contribution in [1.82, 2.24) is 0 Å². The van der Waals surface area contributed by atoms with Gasteiger partial charge < -0.3 is 8.83 Å². The van der Waals surface area contributed by atoms with Crippen molar-refractivity contribution in [2.24, 2.45) is 0 Å². The van der Waals surface area contributed by atoms with Gasteiger partial charge in [-0.3, -0.25) is 0 Å². The van der Waals surface area contributed by atoms with Crippen LogP contribution in [0.5, 0.6) is 0 Å². The van der Waals surface area contributed by atoms with Gasteiger partial charge in [0, 0.05) is 0 Å². The van der Waals surface area contributed by atoms with Crippen LogP contribution in [0, 0.1) is 0 Å². The first-order chi connectivity index (χ1) is 9.83. The van der Waals surface area contributed by atoms with Gasteiger partial charge in [0.2, 0.25) is 0 Å². The Morgan fingerprint density at radius 1 is 1.00 bits per heavy atom. The van der Waals surface area contributed by atoms with E-state index in [9.17, 15) is 4.79 Å². The second-order valence-electron chi connectivity index (χ2n) is 5.21. The van der Waals surface area contributed by atoms with Crippen LogP contribution in [0.15, 0.2) is 50.0 Å². The van der Waals surface area contributed by atoms with Gasteiger partial charge in [0.1, 0.15) is 16.7 Å². The van der Waals surface area contributed by atoms with Gasteiger partial charge in [-0.15, -0.1) is 0 Å². The summed E-state index contributed by atoms with van der Waals surface area (Å²) in [7, 11) is 0. The predicted octanol–water partition coefficient (Wildman–Crippen LogP) is 4.50. The van der Waals surface area contributed by atoms with E-state index in [0.29, 0.717) is 16.6 Å². The monoisotopic (exact) mass is 266 g/mol. The zero-order valence-electron chi connectivity index (χ0n) is 11.0. The summed E-state index contributed by atoms with van der Waals surface area (Å²) in [4.78, 5) is 12.0. The van der Waals surface area contributed by atoms with Gasteiger partial charge in [-0.25, -0.2) is 4.79 Å². The number of fused-ring (bicyclic) bond motifs is 3. The Morgan fingerprint density at radius 3 is 2.75 bits per heavy atom. The molecule has 2 aromatic heterocycles. The number of benzene rings is 1. The average Bonchev–Trinajstić information content (AvgIpc) is 2.94. The van der Waals surface area contributed by atoms with E-state index >= 15 is 0 Å². The molecule has 0 radical (unpaired) electrons. The van der Waals surface area contributed by atoms with Crippen molar-refractivity contribution in [3.05, 3.63) is 52.6 Å². The van der Waals surface area contributed by atoms with Crippen molar-refractivity contribution in [1.29, 1.82) is 0 Å². The van der Waals surface area contributed by atoms with Gasteiger partial charge >= 0.3 is 5.63 Å². The van der Waals surface area contributed by atoms with E-state index < -0.39 is 0 Å². The number of allylic oxidation sites excluding steroid dienone is 2. The minimum atomic E-state index is -0.329. The molecule has 0 atom stereocenters. The van der Waals surface area contributed by atoms with E-state index in [1.807, 2.05) is 24.3 Å². The summed E-state index contributed by atoms with van der Waals surface area (Å²) in [5.74, 6) is 0.809. The van der Waals surface area contributed by atoms with E-state index in [4.69, 9.17) is 8.83 Å². The average molecular weight is 266 g/mol. The first kappa shape index (κ1) is 11.5. The minimum absolute atomic E-state index is 0.329. The van der Waals surface area contributed by atoms with Crippen LogP contribution >= 0.6 is 0 Å². The fourth-order valence-electron chi connectivity index (χ4n) is 2.86. The van der Waals surface area contributed by atoms with Crippen molar-refractivity contribution in [2.45, 2.75) is 25.7 Å². The lowest BCUT2D eigenvalue weighted by Crippen LogP contribution is -1.97. The summed E-state index contributed by atoms with van der Waals surface area (Å²) in [5, 5.41) is 1.38. The van der Waals surface area contributed by atoms with Crippen molar-refractivity contribution in [3.8, 4) is 0 Å². The highest BCUT2D eigenvalue weighted by Gasteiger charge is 2.16. The molecule has 0 bridgehead atoms. The third-order valence-corrected chi connectivity index (χ3v) is 3.89.